The van der Waals surface area contributed by atoms with Crippen LogP contribution in [0.1, 0.15) is 23.7 Å². The van der Waals surface area contributed by atoms with Crippen molar-refractivity contribution in [3.8, 4) is 0 Å². The lowest BCUT2D eigenvalue weighted by molar-refractivity contribution is -0.115. The van der Waals surface area contributed by atoms with Gasteiger partial charge in [-0.05, 0) is 37.2 Å². The zero-order chi connectivity index (χ0) is 19.1. The molecule has 0 unspecified atom stereocenters. The molecule has 0 fully saturated rings. The third-order valence-electron chi connectivity index (χ3n) is 3.45. The van der Waals surface area contributed by atoms with Gasteiger partial charge in [-0.2, -0.15) is 5.10 Å². The Hall–Kier alpha value is -2.58. The molecule has 0 spiro atoms. The molecule has 6 nitrogen and oxygen atoms in total. The van der Waals surface area contributed by atoms with Gasteiger partial charge in [-0.25, -0.2) is 4.98 Å². The number of amides is 1. The first-order chi connectivity index (χ1) is 12.4. The van der Waals surface area contributed by atoms with Crippen molar-refractivity contribution in [1.82, 2.24) is 15.7 Å². The minimum atomic E-state index is -0.0897. The lowest BCUT2D eigenvalue weighted by atomic mass is 10.1. The number of aromatic nitrogens is 1. The number of thiazole rings is 1. The van der Waals surface area contributed by atoms with Gasteiger partial charge in [-0.15, -0.1) is 17.9 Å². The molecule has 0 aliphatic heterocycles. The summed E-state index contributed by atoms with van der Waals surface area (Å²) in [6.07, 6.45) is 3.26. The third-order valence-corrected chi connectivity index (χ3v) is 4.53. The first-order valence-electron chi connectivity index (χ1n) is 7.94. The van der Waals surface area contributed by atoms with E-state index in [1.54, 1.807) is 17.2 Å². The Bertz CT molecular complexity index is 824. The number of carbonyl (C=O) groups is 1. The zero-order valence-electron chi connectivity index (χ0n) is 14.9. The minimum absolute atomic E-state index is 0.0897. The number of hydrogen-bond donors (Lipinski definition) is 2. The molecule has 26 heavy (non-hydrogen) atoms. The van der Waals surface area contributed by atoms with Gasteiger partial charge in [0.1, 0.15) is 0 Å². The Morgan fingerprint density at radius 3 is 2.73 bits per heavy atom. The van der Waals surface area contributed by atoms with Gasteiger partial charge in [-0.3, -0.25) is 15.1 Å². The first kappa shape index (κ1) is 19.7. The summed E-state index contributed by atoms with van der Waals surface area (Å²) in [6.45, 7) is 9.66. The summed E-state index contributed by atoms with van der Waals surface area (Å²) in [5.74, 6) is -0.0897. The molecule has 0 radical (unpaired) electrons. The number of rotatable bonds is 6. The number of benzene rings is 1. The number of para-hydroxylation sites is 1. The summed E-state index contributed by atoms with van der Waals surface area (Å²) < 4.78 is 0. The smallest absolute Gasteiger partial charge is 0.230 e. The van der Waals surface area contributed by atoms with Crippen LogP contribution in [0.25, 0.3) is 0 Å². The second-order valence-electron chi connectivity index (χ2n) is 5.52. The summed E-state index contributed by atoms with van der Waals surface area (Å²) in [5.41, 5.74) is 6.25. The van der Waals surface area contributed by atoms with Gasteiger partial charge < -0.3 is 5.32 Å². The molecule has 1 heterocycles. The fourth-order valence-corrected chi connectivity index (χ4v) is 3.30. The normalized spacial score (nSPS) is 10.6. The van der Waals surface area contributed by atoms with E-state index in [1.807, 2.05) is 37.4 Å². The van der Waals surface area contributed by atoms with E-state index in [2.05, 4.69) is 27.4 Å². The number of carbonyl (C=O) groups excluding carboxylic acids is 1. The van der Waals surface area contributed by atoms with E-state index in [-0.39, 0.29) is 5.91 Å². The van der Waals surface area contributed by atoms with Gasteiger partial charge in [-0.1, -0.05) is 24.3 Å². The lowest BCUT2D eigenvalue weighted by Gasteiger charge is -2.22. The molecule has 0 saturated carbocycles. The van der Waals surface area contributed by atoms with E-state index in [1.165, 1.54) is 18.3 Å². The van der Waals surface area contributed by atoms with Crippen molar-refractivity contribution in [2.45, 2.75) is 20.8 Å². The van der Waals surface area contributed by atoms with Gasteiger partial charge in [0.05, 0.1) is 17.6 Å². The molecular weight excluding hydrogens is 366 g/mol. The number of aryl methyl sites for hydroxylation is 2. The van der Waals surface area contributed by atoms with Crippen LogP contribution in [0.4, 0.5) is 10.8 Å². The van der Waals surface area contributed by atoms with Crippen LogP contribution in [0.3, 0.4) is 0 Å². The molecule has 1 aromatic heterocycles. The van der Waals surface area contributed by atoms with Crippen LogP contribution < -0.4 is 15.6 Å². The maximum atomic E-state index is 12.3. The first-order valence-corrected chi connectivity index (χ1v) is 9.23. The largest absolute Gasteiger partial charge is 0.358 e. The molecular formula is C18H21N5OS2. The molecule has 8 heteroatoms. The van der Waals surface area contributed by atoms with Crippen molar-refractivity contribution in [2.24, 2.45) is 5.10 Å². The molecule has 1 amide bonds. The molecule has 1 aromatic carbocycles. The number of nitrogens with zero attached hydrogens (tertiary/aromatic N) is 3. The Labute approximate surface area is 162 Å². The quantitative estimate of drug-likeness (QED) is 0.344. The summed E-state index contributed by atoms with van der Waals surface area (Å²) in [7, 11) is 0. The van der Waals surface area contributed by atoms with Gasteiger partial charge in [0.2, 0.25) is 5.91 Å². The van der Waals surface area contributed by atoms with Gasteiger partial charge in [0.15, 0.2) is 10.2 Å². The summed E-state index contributed by atoms with van der Waals surface area (Å²) in [5, 5.41) is 9.79. The van der Waals surface area contributed by atoms with E-state index >= 15 is 0 Å². The van der Waals surface area contributed by atoms with Gasteiger partial charge in [0, 0.05) is 18.8 Å². The highest BCUT2D eigenvalue weighted by Crippen LogP contribution is 2.33. The average Bonchev–Trinajstić information content (AvgIpc) is 3.04. The highest BCUT2D eigenvalue weighted by molar-refractivity contribution is 7.80. The van der Waals surface area contributed by atoms with Gasteiger partial charge >= 0.3 is 0 Å². The Morgan fingerprint density at radius 1 is 1.42 bits per heavy atom. The molecule has 2 N–H and O–H groups in total. The molecule has 0 aliphatic rings. The van der Waals surface area contributed by atoms with Crippen LogP contribution in [-0.2, 0) is 4.79 Å². The van der Waals surface area contributed by atoms with E-state index in [4.69, 9.17) is 12.2 Å². The second-order valence-corrected chi connectivity index (χ2v) is 6.76. The molecule has 0 saturated heterocycles. The van der Waals surface area contributed by atoms with E-state index in [0.717, 1.165) is 16.8 Å². The van der Waals surface area contributed by atoms with Crippen LogP contribution in [0.5, 0.6) is 0 Å². The third kappa shape index (κ3) is 4.96. The Kier molecular flexibility index (Phi) is 6.99. The summed E-state index contributed by atoms with van der Waals surface area (Å²) in [6, 6.07) is 5.94. The van der Waals surface area contributed by atoms with Crippen LogP contribution in [0.2, 0.25) is 0 Å². The fourth-order valence-electron chi connectivity index (χ4n) is 2.35. The fraction of sp³-hybridized carbons (Fsp3) is 0.222. The number of nitrogens with one attached hydrogen (secondary N) is 2. The van der Waals surface area contributed by atoms with Crippen LogP contribution in [0, 0.1) is 13.8 Å². The second kappa shape index (κ2) is 9.21. The van der Waals surface area contributed by atoms with Crippen LogP contribution in [-0.4, -0.2) is 28.8 Å². The van der Waals surface area contributed by atoms with E-state index in [0.29, 0.717) is 22.5 Å². The maximum absolute atomic E-state index is 12.3. The number of hydrogen-bond acceptors (Lipinski definition) is 5. The lowest BCUT2D eigenvalue weighted by Crippen LogP contribution is -2.31. The number of hydrazone groups is 1. The number of anilines is 2. The van der Waals surface area contributed by atoms with Crippen molar-refractivity contribution in [2.75, 3.05) is 11.4 Å². The Balaban J connectivity index is 2.19. The van der Waals surface area contributed by atoms with Crippen LogP contribution >= 0.6 is 23.6 Å². The molecule has 2 rings (SSSR count). The molecule has 2 aromatic rings. The predicted octanol–water partition coefficient (Wildman–Crippen LogP) is 3.43. The molecule has 0 atom stereocenters. The van der Waals surface area contributed by atoms with Crippen molar-refractivity contribution in [3.63, 3.8) is 0 Å². The highest BCUT2D eigenvalue weighted by Gasteiger charge is 2.21. The van der Waals surface area contributed by atoms with Gasteiger partial charge in [0.25, 0.3) is 0 Å². The van der Waals surface area contributed by atoms with Crippen molar-refractivity contribution >= 4 is 51.6 Å². The van der Waals surface area contributed by atoms with Crippen molar-refractivity contribution in [3.05, 3.63) is 53.1 Å². The number of thiocarbonyl (C=S) groups is 1. The van der Waals surface area contributed by atoms with E-state index in [9.17, 15) is 4.79 Å². The molecule has 0 aliphatic carbocycles. The maximum Gasteiger partial charge on any atom is 0.230 e. The predicted molar refractivity (Wildman–Crippen MR) is 112 cm³/mol. The summed E-state index contributed by atoms with van der Waals surface area (Å²) in [4.78, 5) is 18.4. The summed E-state index contributed by atoms with van der Waals surface area (Å²) >= 11 is 6.44. The standard InChI is InChI=1S/C18H21N5OS2/c1-5-9-19-17(25)22-20-10-15-11-26-18(21-15)23(14(4)24)16-12(2)7-6-8-13(16)3/h5-8,10-11H,1,9H2,2-4H3,(H2,19,22,25)/b20-10-. The zero-order valence-corrected chi connectivity index (χ0v) is 16.6. The average molecular weight is 388 g/mol. The molecule has 0 bridgehead atoms. The van der Waals surface area contributed by atoms with E-state index < -0.39 is 0 Å². The molecule has 136 valence electrons. The van der Waals surface area contributed by atoms with Crippen molar-refractivity contribution in [1.29, 1.82) is 0 Å². The van der Waals surface area contributed by atoms with Crippen LogP contribution in [0.15, 0.2) is 41.3 Å². The minimum Gasteiger partial charge on any atom is -0.358 e. The Morgan fingerprint density at radius 2 is 2.12 bits per heavy atom. The van der Waals surface area contributed by atoms with Crippen molar-refractivity contribution < 1.29 is 4.79 Å². The highest BCUT2D eigenvalue weighted by atomic mass is 32.1. The topological polar surface area (TPSA) is 69.6 Å². The SMILES string of the molecule is C=CCNC(=S)N/N=C\c1csc(N(C(C)=O)c2c(C)cccc2C)n1. The monoisotopic (exact) mass is 387 g/mol.